The molecule has 0 radical (unpaired) electrons. The summed E-state index contributed by atoms with van der Waals surface area (Å²) >= 11 is 0. The van der Waals surface area contributed by atoms with Crippen LogP contribution in [0, 0.1) is 0 Å². The Bertz CT molecular complexity index is 2350. The van der Waals surface area contributed by atoms with Gasteiger partial charge >= 0.3 is 0 Å². The Morgan fingerprint density at radius 1 is 0.576 bits per heavy atom. The molecule has 13 heteroatoms. The molecule has 0 aliphatic rings. The van der Waals surface area contributed by atoms with E-state index in [-0.39, 0.29) is 10.1 Å². The lowest BCUT2D eigenvalue weighted by molar-refractivity contribution is 0.427. The minimum atomic E-state index is -2.26. The molecule has 2 aromatic heterocycles. The minimum Gasteiger partial charge on any atom is -0.455 e. The summed E-state index contributed by atoms with van der Waals surface area (Å²) in [6.07, 6.45) is 4.93. The van der Waals surface area contributed by atoms with E-state index in [9.17, 15) is 0 Å². The molecule has 0 saturated heterocycles. The Kier molecular flexibility index (Phi) is 12.9. The standard InChI is InChI=1S/C46H60N10OSi2/c1-11-43-51-39-29-35(17-23-41(39)55(43)37-19-13-33(14-20-37)25-27-49-53-47)31-45(3,4)58(7,8)57-59(9,10)46(5,6)32-36-18-24-42-40(30-36)52-44(12-2)56(42)38-21-15-34(16-22-38)26-28-50-54-48/h13-24,29-30H,11-12,25-28,31-32H2,1-10H3. The summed E-state index contributed by atoms with van der Waals surface area (Å²) in [6.45, 7) is 24.5. The number of hydrogen-bond acceptors (Lipinski definition) is 5. The maximum Gasteiger partial charge on any atom is 0.179 e. The molecule has 0 amide bonds. The second kappa shape index (κ2) is 17.6. The highest BCUT2D eigenvalue weighted by Gasteiger charge is 2.50. The van der Waals surface area contributed by atoms with Crippen molar-refractivity contribution >= 4 is 38.7 Å². The van der Waals surface area contributed by atoms with Gasteiger partial charge in [-0.1, -0.05) is 88.2 Å². The molecule has 308 valence electrons. The predicted octanol–water partition coefficient (Wildman–Crippen LogP) is 13.0. The van der Waals surface area contributed by atoms with E-state index >= 15 is 0 Å². The fraction of sp³-hybridized carbons (Fsp3) is 0.435. The van der Waals surface area contributed by atoms with E-state index in [4.69, 9.17) is 25.1 Å². The maximum absolute atomic E-state index is 8.63. The molecule has 6 rings (SSSR count). The van der Waals surface area contributed by atoms with Crippen molar-refractivity contribution in [2.75, 3.05) is 13.1 Å². The number of benzene rings is 4. The molecule has 0 fully saturated rings. The van der Waals surface area contributed by atoms with Gasteiger partial charge in [0.05, 0.1) is 22.1 Å². The van der Waals surface area contributed by atoms with Gasteiger partial charge in [-0.25, -0.2) is 9.97 Å². The monoisotopic (exact) mass is 824 g/mol. The molecule has 0 aliphatic carbocycles. The highest BCUT2D eigenvalue weighted by Crippen LogP contribution is 2.48. The number of fused-ring (bicyclic) bond motifs is 2. The van der Waals surface area contributed by atoms with E-state index in [1.54, 1.807) is 0 Å². The number of imidazole rings is 2. The molecule has 2 heterocycles. The van der Waals surface area contributed by atoms with Crippen LogP contribution in [0.15, 0.2) is 95.2 Å². The van der Waals surface area contributed by atoms with Crippen LogP contribution in [0.25, 0.3) is 54.3 Å². The maximum atomic E-state index is 8.63. The van der Waals surface area contributed by atoms with Crippen LogP contribution in [-0.2, 0) is 42.6 Å². The van der Waals surface area contributed by atoms with E-state index in [2.05, 4.69) is 182 Å². The normalized spacial score (nSPS) is 12.5. The summed E-state index contributed by atoms with van der Waals surface area (Å²) in [5, 5.41) is 7.29. The zero-order valence-corrected chi connectivity index (χ0v) is 38.6. The third kappa shape index (κ3) is 9.35. The predicted molar refractivity (Wildman–Crippen MR) is 248 cm³/mol. The summed E-state index contributed by atoms with van der Waals surface area (Å²) in [6, 6.07) is 30.6. The van der Waals surface area contributed by atoms with Gasteiger partial charge in [0.15, 0.2) is 16.6 Å². The zero-order valence-electron chi connectivity index (χ0n) is 36.6. The minimum absolute atomic E-state index is 0.0341. The smallest absolute Gasteiger partial charge is 0.179 e. The van der Waals surface area contributed by atoms with Gasteiger partial charge in [-0.05, 0) is 144 Å². The molecule has 6 aromatic rings. The van der Waals surface area contributed by atoms with Gasteiger partial charge in [-0.2, -0.15) is 0 Å². The first kappa shape index (κ1) is 43.4. The van der Waals surface area contributed by atoms with Crippen molar-refractivity contribution in [2.45, 2.75) is 116 Å². The van der Waals surface area contributed by atoms with E-state index < -0.39 is 16.6 Å². The average molecular weight is 825 g/mol. The van der Waals surface area contributed by atoms with Gasteiger partial charge in [0.25, 0.3) is 0 Å². The molecule has 0 N–H and O–H groups in total. The van der Waals surface area contributed by atoms with Crippen LogP contribution in [0.4, 0.5) is 0 Å². The lowest BCUT2D eigenvalue weighted by atomic mass is 10.0. The fourth-order valence-corrected chi connectivity index (χ4v) is 16.6. The van der Waals surface area contributed by atoms with E-state index in [1.165, 1.54) is 11.1 Å². The highest BCUT2D eigenvalue weighted by atomic mass is 28.4. The molecule has 4 aromatic carbocycles. The van der Waals surface area contributed by atoms with Crippen LogP contribution in [0.1, 0.15) is 75.4 Å². The van der Waals surface area contributed by atoms with Crippen molar-refractivity contribution < 1.29 is 4.12 Å². The lowest BCUT2D eigenvalue weighted by Gasteiger charge is -2.49. The molecule has 0 unspecified atom stereocenters. The number of hydrogen-bond donors (Lipinski definition) is 0. The molecule has 0 aliphatic heterocycles. The Balaban J connectivity index is 1.17. The molecule has 59 heavy (non-hydrogen) atoms. The van der Waals surface area contributed by atoms with Gasteiger partial charge in [0.1, 0.15) is 11.6 Å². The molecule has 0 atom stereocenters. The van der Waals surface area contributed by atoms with Crippen LogP contribution >= 0.6 is 0 Å². The van der Waals surface area contributed by atoms with Gasteiger partial charge in [0.2, 0.25) is 0 Å². The van der Waals surface area contributed by atoms with Crippen molar-refractivity contribution in [3.05, 3.63) is 140 Å². The van der Waals surface area contributed by atoms with Crippen molar-refractivity contribution in [1.29, 1.82) is 0 Å². The van der Waals surface area contributed by atoms with Crippen molar-refractivity contribution in [3.8, 4) is 11.4 Å². The lowest BCUT2D eigenvalue weighted by Crippen LogP contribution is -2.55. The van der Waals surface area contributed by atoms with Gasteiger partial charge in [0, 0.05) is 47.1 Å². The molecule has 0 spiro atoms. The Labute approximate surface area is 351 Å². The van der Waals surface area contributed by atoms with Gasteiger partial charge in [-0.3, -0.25) is 9.13 Å². The first-order valence-electron chi connectivity index (χ1n) is 20.9. The molecular formula is C46H60N10OSi2. The number of aryl methyl sites for hydroxylation is 2. The third-order valence-corrected chi connectivity index (χ3v) is 23.7. The summed E-state index contributed by atoms with van der Waals surface area (Å²) in [5.74, 6) is 2.08. The summed E-state index contributed by atoms with van der Waals surface area (Å²) in [5.41, 5.74) is 28.6. The van der Waals surface area contributed by atoms with E-state index in [0.717, 1.165) is 94.7 Å². The highest BCUT2D eigenvalue weighted by molar-refractivity contribution is 6.87. The van der Waals surface area contributed by atoms with E-state index in [0.29, 0.717) is 13.1 Å². The summed E-state index contributed by atoms with van der Waals surface area (Å²) in [4.78, 5) is 16.0. The molecule has 11 nitrogen and oxygen atoms in total. The molecule has 0 saturated carbocycles. The quantitative estimate of drug-likeness (QED) is 0.0368. The second-order valence-corrected chi connectivity index (χ2v) is 27.6. The number of azide groups is 2. The third-order valence-electron chi connectivity index (χ3n) is 12.8. The van der Waals surface area contributed by atoms with Gasteiger partial charge in [-0.15, -0.1) is 0 Å². The van der Waals surface area contributed by atoms with E-state index in [1.807, 2.05) is 0 Å². The number of nitrogens with zero attached hydrogens (tertiary/aromatic N) is 10. The molecule has 0 bridgehead atoms. The number of rotatable bonds is 18. The SMILES string of the molecule is CCc1nc2cc(CC(C)(C)[Si](C)(C)O[Si](C)(C)C(C)(C)Cc3ccc4c(c3)nc(CC)n4-c3ccc(CCN=[N+]=[N-])cc3)ccc2n1-c1ccc(CCN=[N+]=[N-])cc1. The summed E-state index contributed by atoms with van der Waals surface area (Å²) < 4.78 is 12.1. The van der Waals surface area contributed by atoms with Crippen LogP contribution < -0.4 is 0 Å². The largest absolute Gasteiger partial charge is 0.455 e. The Morgan fingerprint density at radius 2 is 0.932 bits per heavy atom. The van der Waals surface area contributed by atoms with Crippen LogP contribution in [-0.4, -0.2) is 48.8 Å². The second-order valence-electron chi connectivity index (χ2n) is 18.1. The number of aromatic nitrogens is 4. The zero-order chi connectivity index (χ0) is 42.6. The Morgan fingerprint density at radius 3 is 1.27 bits per heavy atom. The van der Waals surface area contributed by atoms with Crippen LogP contribution in [0.3, 0.4) is 0 Å². The average Bonchev–Trinajstić information content (AvgIpc) is 3.75. The van der Waals surface area contributed by atoms with Gasteiger partial charge < -0.3 is 4.12 Å². The van der Waals surface area contributed by atoms with Crippen molar-refractivity contribution in [3.63, 3.8) is 0 Å². The fourth-order valence-electron chi connectivity index (χ4n) is 8.05. The Hall–Kier alpha value is -5.17. The van der Waals surface area contributed by atoms with Crippen molar-refractivity contribution in [2.24, 2.45) is 10.2 Å². The first-order chi connectivity index (χ1) is 28.0. The van der Waals surface area contributed by atoms with Crippen LogP contribution in [0.2, 0.25) is 36.3 Å². The first-order valence-corrected chi connectivity index (χ1v) is 26.8. The molecular weight excluding hydrogens is 765 g/mol. The van der Waals surface area contributed by atoms with Crippen LogP contribution in [0.5, 0.6) is 0 Å². The van der Waals surface area contributed by atoms with Crippen molar-refractivity contribution in [1.82, 2.24) is 19.1 Å². The summed E-state index contributed by atoms with van der Waals surface area (Å²) in [7, 11) is -4.52. The topological polar surface area (TPSA) is 142 Å².